The standard InChI is InChI=1S/C39H56N4O7/c1-38(2,3)50-37(49)42-31(26-17-10-7-11-18-26)36(48)43-23-28-30(39(28,4)5)32(43)34(46)41-29(21-25-15-12-16-25)33(45)35(47)40-22-27(44)20-19-24-13-8-6-9-14-24/h6,8-9,13-14,25-26,28-32H,7,10-12,15-23H2,1-5H3,(H,40,47)(H,41,46)(H,42,49)/t28?,29?,30?,31-,32-/m0/s1. The summed E-state index contributed by atoms with van der Waals surface area (Å²) in [5.41, 5.74) is 0.0935. The minimum atomic E-state index is -1.07. The maximum absolute atomic E-state index is 14.4. The van der Waals surface area contributed by atoms with E-state index < -0.39 is 47.4 Å². The zero-order chi connectivity index (χ0) is 36.2. The highest BCUT2D eigenvalue weighted by molar-refractivity contribution is 6.38. The maximum atomic E-state index is 14.4. The second kappa shape index (κ2) is 15.6. The quantitative estimate of drug-likeness (QED) is 0.243. The molecule has 3 aliphatic carbocycles. The van der Waals surface area contributed by atoms with Crippen LogP contribution in [0.25, 0.3) is 0 Å². The molecule has 1 aliphatic heterocycles. The third kappa shape index (κ3) is 9.12. The zero-order valence-electron chi connectivity index (χ0n) is 30.4. The molecular formula is C39H56N4O7. The minimum Gasteiger partial charge on any atom is -0.444 e. The number of hydrogen-bond donors (Lipinski definition) is 3. The molecule has 3 N–H and O–H groups in total. The summed E-state index contributed by atoms with van der Waals surface area (Å²) >= 11 is 0. The van der Waals surface area contributed by atoms with Crippen LogP contribution in [0, 0.1) is 29.1 Å². The summed E-state index contributed by atoms with van der Waals surface area (Å²) in [6, 6.07) is 6.82. The van der Waals surface area contributed by atoms with Gasteiger partial charge in [-0.2, -0.15) is 0 Å². The summed E-state index contributed by atoms with van der Waals surface area (Å²) in [6.07, 6.45) is 7.83. The van der Waals surface area contributed by atoms with Gasteiger partial charge < -0.3 is 25.6 Å². The van der Waals surface area contributed by atoms with Gasteiger partial charge in [-0.25, -0.2) is 4.79 Å². The van der Waals surface area contributed by atoms with Crippen molar-refractivity contribution in [2.75, 3.05) is 13.1 Å². The molecule has 0 bridgehead atoms. The molecule has 1 aromatic rings. The largest absolute Gasteiger partial charge is 0.444 e. The molecule has 50 heavy (non-hydrogen) atoms. The predicted molar refractivity (Wildman–Crippen MR) is 188 cm³/mol. The first-order valence-corrected chi connectivity index (χ1v) is 18.6. The fourth-order valence-corrected chi connectivity index (χ4v) is 8.27. The molecule has 0 radical (unpaired) electrons. The van der Waals surface area contributed by atoms with Gasteiger partial charge >= 0.3 is 6.09 Å². The van der Waals surface area contributed by atoms with Crippen molar-refractivity contribution in [3.05, 3.63) is 35.9 Å². The average Bonchev–Trinajstić information content (AvgIpc) is 3.36. The summed E-state index contributed by atoms with van der Waals surface area (Å²) in [6.45, 7) is 9.59. The Bertz CT molecular complexity index is 1430. The van der Waals surface area contributed by atoms with E-state index in [-0.39, 0.29) is 53.7 Å². The molecule has 1 heterocycles. The molecular weight excluding hydrogens is 636 g/mol. The molecule has 3 unspecified atom stereocenters. The van der Waals surface area contributed by atoms with E-state index in [2.05, 4.69) is 29.8 Å². The van der Waals surface area contributed by atoms with Gasteiger partial charge in [0, 0.05) is 13.0 Å². The number of nitrogens with one attached hydrogen (secondary N) is 3. The molecule has 4 aliphatic rings. The normalized spacial score (nSPS) is 24.2. The van der Waals surface area contributed by atoms with Gasteiger partial charge in [0.15, 0.2) is 5.78 Å². The number of likely N-dealkylation sites (tertiary alicyclic amines) is 1. The topological polar surface area (TPSA) is 151 Å². The van der Waals surface area contributed by atoms with Crippen LogP contribution in [0.5, 0.6) is 0 Å². The molecule has 5 rings (SSSR count). The van der Waals surface area contributed by atoms with Crippen LogP contribution < -0.4 is 16.0 Å². The van der Waals surface area contributed by atoms with Gasteiger partial charge in [-0.05, 0) is 81.1 Å². The van der Waals surface area contributed by atoms with Crippen molar-refractivity contribution in [1.29, 1.82) is 0 Å². The van der Waals surface area contributed by atoms with Crippen molar-refractivity contribution in [2.45, 2.75) is 129 Å². The Morgan fingerprint density at radius 2 is 1.60 bits per heavy atom. The lowest BCUT2D eigenvalue weighted by atomic mass is 9.80. The number of carbonyl (C=O) groups is 6. The molecule has 1 saturated heterocycles. The van der Waals surface area contributed by atoms with E-state index in [1.54, 1.807) is 25.7 Å². The highest BCUT2D eigenvalue weighted by Gasteiger charge is 2.69. The molecule has 0 spiro atoms. The Morgan fingerprint density at radius 3 is 2.22 bits per heavy atom. The van der Waals surface area contributed by atoms with E-state index in [9.17, 15) is 28.8 Å². The van der Waals surface area contributed by atoms with Crippen LogP contribution in [0.4, 0.5) is 4.79 Å². The molecule has 4 fully saturated rings. The third-order valence-electron chi connectivity index (χ3n) is 11.5. The molecule has 5 atom stereocenters. The SMILES string of the molecule is CC(C)(C)OC(=O)N[C@H](C(=O)N1CC2C([C@H]1C(=O)NC(CC1CCC1)C(=O)C(=O)NCC(=O)CCc1ccccc1)C2(C)C)C1CCCCC1. The molecule has 1 aromatic carbocycles. The second-order valence-corrected chi connectivity index (χ2v) is 16.6. The lowest BCUT2D eigenvalue weighted by molar-refractivity contribution is -0.145. The van der Waals surface area contributed by atoms with Gasteiger partial charge in [-0.3, -0.25) is 24.0 Å². The van der Waals surface area contributed by atoms with E-state index in [0.717, 1.165) is 56.9 Å². The lowest BCUT2D eigenvalue weighted by Crippen LogP contribution is -2.60. The van der Waals surface area contributed by atoms with Crippen molar-refractivity contribution in [2.24, 2.45) is 29.1 Å². The highest BCUT2D eigenvalue weighted by Crippen LogP contribution is 2.65. The molecule has 0 aromatic heterocycles. The monoisotopic (exact) mass is 692 g/mol. The second-order valence-electron chi connectivity index (χ2n) is 16.6. The van der Waals surface area contributed by atoms with E-state index in [4.69, 9.17) is 4.74 Å². The number of amides is 4. The van der Waals surface area contributed by atoms with Crippen LogP contribution in [-0.2, 0) is 35.1 Å². The van der Waals surface area contributed by atoms with E-state index in [1.165, 1.54) is 0 Å². The molecule has 3 saturated carbocycles. The summed E-state index contributed by atoms with van der Waals surface area (Å²) in [5, 5.41) is 8.26. The first-order chi connectivity index (χ1) is 23.7. The van der Waals surface area contributed by atoms with Crippen molar-refractivity contribution in [1.82, 2.24) is 20.9 Å². The Kier molecular flexibility index (Phi) is 11.7. The van der Waals surface area contributed by atoms with Crippen molar-refractivity contribution in [3.8, 4) is 0 Å². The molecule has 4 amide bonds. The maximum Gasteiger partial charge on any atom is 0.408 e. The van der Waals surface area contributed by atoms with Crippen LogP contribution in [0.15, 0.2) is 30.3 Å². The predicted octanol–water partition coefficient (Wildman–Crippen LogP) is 4.51. The summed E-state index contributed by atoms with van der Waals surface area (Å²) in [5.74, 6) is -2.53. The first kappa shape index (κ1) is 37.5. The highest BCUT2D eigenvalue weighted by atomic mass is 16.6. The number of nitrogens with zero attached hydrogens (tertiary/aromatic N) is 1. The van der Waals surface area contributed by atoms with Crippen LogP contribution in [0.3, 0.4) is 0 Å². The summed E-state index contributed by atoms with van der Waals surface area (Å²) in [7, 11) is 0. The third-order valence-corrected chi connectivity index (χ3v) is 11.5. The Morgan fingerprint density at radius 1 is 0.920 bits per heavy atom. The number of rotatable bonds is 14. The number of carbonyl (C=O) groups excluding carboxylic acids is 6. The van der Waals surface area contributed by atoms with E-state index in [0.29, 0.717) is 19.4 Å². The fourth-order valence-electron chi connectivity index (χ4n) is 8.27. The number of ketones is 2. The van der Waals surface area contributed by atoms with Crippen molar-refractivity contribution in [3.63, 3.8) is 0 Å². The van der Waals surface area contributed by atoms with Gasteiger partial charge in [0.1, 0.15) is 17.7 Å². The zero-order valence-corrected chi connectivity index (χ0v) is 30.4. The number of benzene rings is 1. The molecule has 274 valence electrons. The number of aryl methyl sites for hydroxylation is 1. The van der Waals surface area contributed by atoms with Crippen LogP contribution in [0.1, 0.15) is 104 Å². The summed E-state index contributed by atoms with van der Waals surface area (Å²) in [4.78, 5) is 82.4. The van der Waals surface area contributed by atoms with Crippen LogP contribution >= 0.6 is 0 Å². The number of ether oxygens (including phenoxy) is 1. The van der Waals surface area contributed by atoms with Crippen molar-refractivity contribution >= 4 is 35.4 Å². The lowest BCUT2D eigenvalue weighted by Gasteiger charge is -2.37. The van der Waals surface area contributed by atoms with Gasteiger partial charge in [0.05, 0.1) is 12.6 Å². The summed E-state index contributed by atoms with van der Waals surface area (Å²) < 4.78 is 5.54. The number of hydrogen-bond acceptors (Lipinski definition) is 7. The minimum absolute atomic E-state index is 0.0792. The van der Waals surface area contributed by atoms with Crippen molar-refractivity contribution < 1.29 is 33.5 Å². The molecule has 11 heteroatoms. The number of alkyl carbamates (subject to hydrolysis) is 1. The van der Waals surface area contributed by atoms with Gasteiger partial charge in [0.25, 0.3) is 5.91 Å². The van der Waals surface area contributed by atoms with Gasteiger partial charge in [-0.1, -0.05) is 82.7 Å². The number of piperidine rings is 1. The van der Waals surface area contributed by atoms with Gasteiger partial charge in [0.2, 0.25) is 17.6 Å². The fraction of sp³-hybridized carbons (Fsp3) is 0.692. The Labute approximate surface area is 296 Å². The average molecular weight is 693 g/mol. The Balaban J connectivity index is 1.27. The van der Waals surface area contributed by atoms with E-state index in [1.807, 2.05) is 30.3 Å². The smallest absolute Gasteiger partial charge is 0.408 e. The van der Waals surface area contributed by atoms with Crippen LogP contribution in [0.2, 0.25) is 0 Å². The number of Topliss-reactive ketones (excluding diaryl/α,β-unsaturated/α-hetero) is 2. The molecule has 11 nitrogen and oxygen atoms in total. The number of fused-ring (bicyclic) bond motifs is 1. The van der Waals surface area contributed by atoms with Crippen LogP contribution in [-0.4, -0.2) is 77.1 Å². The first-order valence-electron chi connectivity index (χ1n) is 18.6. The Hall–Kier alpha value is -3.76. The van der Waals surface area contributed by atoms with Gasteiger partial charge in [-0.15, -0.1) is 0 Å². The van der Waals surface area contributed by atoms with E-state index >= 15 is 0 Å².